The van der Waals surface area contributed by atoms with Gasteiger partial charge in [-0.3, -0.25) is 0 Å². The molecule has 144 valence electrons. The quantitative estimate of drug-likeness (QED) is 0.411. The number of furan rings is 1. The summed E-state index contributed by atoms with van der Waals surface area (Å²) in [5.41, 5.74) is 2.47. The number of hydrogen-bond donors (Lipinski definition) is 0. The summed E-state index contributed by atoms with van der Waals surface area (Å²) in [5.74, 6) is 3.53. The first-order valence-corrected chi connectivity index (χ1v) is 10.1. The van der Waals surface area contributed by atoms with Crippen molar-refractivity contribution in [3.05, 3.63) is 47.9 Å². The van der Waals surface area contributed by atoms with Crippen LogP contribution in [-0.2, 0) is 12.5 Å². The topological polar surface area (TPSA) is 53.1 Å². The minimum atomic E-state index is 0.166. The summed E-state index contributed by atoms with van der Waals surface area (Å²) < 4.78 is 13.2. The van der Waals surface area contributed by atoms with Gasteiger partial charge in [0.1, 0.15) is 11.5 Å². The van der Waals surface area contributed by atoms with Crippen LogP contribution in [0.1, 0.15) is 38.5 Å². The molecule has 0 atom stereocenters. The average Bonchev–Trinajstić information content (AvgIpc) is 3.20. The summed E-state index contributed by atoms with van der Waals surface area (Å²) >= 11 is 1.69. The second-order valence-corrected chi connectivity index (χ2v) is 8.64. The van der Waals surface area contributed by atoms with Crippen LogP contribution in [0.3, 0.4) is 0 Å². The van der Waals surface area contributed by atoms with Gasteiger partial charge >= 0.3 is 0 Å². The number of aryl methyl sites for hydroxylation is 1. The van der Waals surface area contributed by atoms with Crippen LogP contribution in [0.25, 0.3) is 11.4 Å². The molecule has 5 nitrogen and oxygen atoms in total. The summed E-state index contributed by atoms with van der Waals surface area (Å²) in [6.45, 7) is 9.26. The lowest BCUT2D eigenvalue weighted by molar-refractivity contribution is 0.318. The molecule has 0 aliphatic heterocycles. The molecule has 0 bridgehead atoms. The molecule has 1 aromatic carbocycles. The summed E-state index contributed by atoms with van der Waals surface area (Å²) in [5, 5.41) is 9.49. The molecule has 6 heteroatoms. The van der Waals surface area contributed by atoms with E-state index in [2.05, 4.69) is 55.2 Å². The number of thioether (sulfide) groups is 1. The smallest absolute Gasteiger partial charge is 0.191 e. The monoisotopic (exact) mass is 385 g/mol. The molecular weight excluding hydrogens is 358 g/mol. The van der Waals surface area contributed by atoms with E-state index < -0.39 is 0 Å². The van der Waals surface area contributed by atoms with Crippen LogP contribution in [0.15, 0.2) is 46.2 Å². The van der Waals surface area contributed by atoms with Gasteiger partial charge in [0.05, 0.1) is 18.4 Å². The molecule has 27 heavy (non-hydrogen) atoms. The minimum absolute atomic E-state index is 0.166. The highest BCUT2D eigenvalue weighted by atomic mass is 32.2. The van der Waals surface area contributed by atoms with Crippen LogP contribution < -0.4 is 4.74 Å². The molecule has 0 aliphatic carbocycles. The third-order valence-corrected chi connectivity index (χ3v) is 5.55. The summed E-state index contributed by atoms with van der Waals surface area (Å²) in [4.78, 5) is 0. The lowest BCUT2D eigenvalue weighted by atomic mass is 9.87. The first-order valence-electron chi connectivity index (χ1n) is 9.16. The largest absolute Gasteiger partial charge is 0.494 e. The van der Waals surface area contributed by atoms with E-state index in [1.165, 1.54) is 5.56 Å². The van der Waals surface area contributed by atoms with E-state index in [1.807, 2.05) is 24.6 Å². The Hall–Kier alpha value is -2.21. The predicted octanol–water partition coefficient (Wildman–Crippen LogP) is 5.24. The second kappa shape index (κ2) is 8.21. The maximum Gasteiger partial charge on any atom is 0.191 e. The molecule has 0 saturated heterocycles. The van der Waals surface area contributed by atoms with Crippen molar-refractivity contribution in [3.8, 4) is 17.1 Å². The Labute approximate surface area is 165 Å². The normalized spacial score (nSPS) is 11.7. The minimum Gasteiger partial charge on any atom is -0.494 e. The highest BCUT2D eigenvalue weighted by Gasteiger charge is 2.15. The number of benzene rings is 1. The van der Waals surface area contributed by atoms with Gasteiger partial charge in [-0.2, -0.15) is 0 Å². The fourth-order valence-corrected chi connectivity index (χ4v) is 3.58. The van der Waals surface area contributed by atoms with Gasteiger partial charge in [-0.15, -0.1) is 10.2 Å². The highest BCUT2D eigenvalue weighted by molar-refractivity contribution is 7.99. The highest BCUT2D eigenvalue weighted by Crippen LogP contribution is 2.26. The average molecular weight is 386 g/mol. The second-order valence-electron chi connectivity index (χ2n) is 7.58. The van der Waals surface area contributed by atoms with Gasteiger partial charge in [0.15, 0.2) is 11.0 Å². The van der Waals surface area contributed by atoms with Crippen molar-refractivity contribution < 1.29 is 9.15 Å². The molecule has 2 heterocycles. The van der Waals surface area contributed by atoms with Crippen LogP contribution in [-0.4, -0.2) is 27.1 Å². The zero-order valence-corrected chi connectivity index (χ0v) is 17.5. The summed E-state index contributed by atoms with van der Waals surface area (Å²) in [7, 11) is 1.98. The van der Waals surface area contributed by atoms with E-state index in [4.69, 9.17) is 9.15 Å². The molecule has 0 fully saturated rings. The maximum absolute atomic E-state index is 5.85. The van der Waals surface area contributed by atoms with Gasteiger partial charge < -0.3 is 13.7 Å². The van der Waals surface area contributed by atoms with Crippen LogP contribution in [0.5, 0.6) is 5.75 Å². The molecule has 0 saturated carbocycles. The molecule has 0 amide bonds. The fraction of sp³-hybridized carbons (Fsp3) is 0.429. The Kier molecular flexibility index (Phi) is 5.95. The number of rotatable bonds is 7. The maximum atomic E-state index is 5.85. The van der Waals surface area contributed by atoms with E-state index in [-0.39, 0.29) is 5.41 Å². The standard InChI is InChI=1S/C21H27N3O2S/c1-15-18(11-13-25-15)19-22-23-20(24(19)5)27-14-6-12-26-17-9-7-16(8-10-17)21(2,3)4/h7-11,13H,6,12,14H2,1-5H3. The van der Waals surface area contributed by atoms with Crippen molar-refractivity contribution in [3.63, 3.8) is 0 Å². The third kappa shape index (κ3) is 4.75. The van der Waals surface area contributed by atoms with Gasteiger partial charge in [0, 0.05) is 12.8 Å². The molecule has 0 radical (unpaired) electrons. The number of nitrogens with zero attached hydrogens (tertiary/aromatic N) is 3. The zero-order valence-electron chi connectivity index (χ0n) is 16.7. The van der Waals surface area contributed by atoms with Crippen LogP contribution in [0, 0.1) is 6.92 Å². The van der Waals surface area contributed by atoms with Gasteiger partial charge in [-0.25, -0.2) is 0 Å². The van der Waals surface area contributed by atoms with E-state index in [0.717, 1.165) is 40.2 Å². The first kappa shape index (κ1) is 19.5. The Morgan fingerprint density at radius 2 is 1.85 bits per heavy atom. The van der Waals surface area contributed by atoms with Crippen molar-refractivity contribution in [2.24, 2.45) is 7.05 Å². The molecule has 0 spiro atoms. The molecule has 3 aromatic rings. The Bertz CT molecular complexity index is 876. The number of hydrogen-bond acceptors (Lipinski definition) is 5. The molecule has 3 rings (SSSR count). The molecular formula is C21H27N3O2S. The van der Waals surface area contributed by atoms with Crippen molar-refractivity contribution in [1.82, 2.24) is 14.8 Å². The Morgan fingerprint density at radius 1 is 1.11 bits per heavy atom. The number of aromatic nitrogens is 3. The Balaban J connectivity index is 1.46. The zero-order chi connectivity index (χ0) is 19.4. The van der Waals surface area contributed by atoms with Gasteiger partial charge in [0.2, 0.25) is 0 Å². The van der Waals surface area contributed by atoms with Gasteiger partial charge in [0.25, 0.3) is 0 Å². The summed E-state index contributed by atoms with van der Waals surface area (Å²) in [6.07, 6.45) is 2.62. The fourth-order valence-electron chi connectivity index (χ4n) is 2.76. The van der Waals surface area contributed by atoms with Crippen molar-refractivity contribution >= 4 is 11.8 Å². The Morgan fingerprint density at radius 3 is 2.48 bits per heavy atom. The molecule has 0 unspecified atom stereocenters. The predicted molar refractivity (Wildman–Crippen MR) is 109 cm³/mol. The van der Waals surface area contributed by atoms with Gasteiger partial charge in [-0.05, 0) is 42.5 Å². The van der Waals surface area contributed by atoms with Crippen molar-refractivity contribution in [2.75, 3.05) is 12.4 Å². The van der Waals surface area contributed by atoms with Gasteiger partial charge in [-0.1, -0.05) is 44.7 Å². The van der Waals surface area contributed by atoms with E-state index in [1.54, 1.807) is 18.0 Å². The lowest BCUT2D eigenvalue weighted by Gasteiger charge is -2.19. The van der Waals surface area contributed by atoms with Crippen molar-refractivity contribution in [1.29, 1.82) is 0 Å². The number of ether oxygens (including phenoxy) is 1. The first-order chi connectivity index (χ1) is 12.9. The van der Waals surface area contributed by atoms with Crippen molar-refractivity contribution in [2.45, 2.75) is 44.7 Å². The van der Waals surface area contributed by atoms with Crippen LogP contribution >= 0.6 is 11.8 Å². The molecule has 0 N–H and O–H groups in total. The van der Waals surface area contributed by atoms with E-state index in [9.17, 15) is 0 Å². The van der Waals surface area contributed by atoms with E-state index >= 15 is 0 Å². The van der Waals surface area contributed by atoms with Crippen LogP contribution in [0.4, 0.5) is 0 Å². The summed E-state index contributed by atoms with van der Waals surface area (Å²) in [6, 6.07) is 10.3. The van der Waals surface area contributed by atoms with Crippen LogP contribution in [0.2, 0.25) is 0 Å². The third-order valence-electron chi connectivity index (χ3n) is 4.44. The van der Waals surface area contributed by atoms with E-state index in [0.29, 0.717) is 6.61 Å². The lowest BCUT2D eigenvalue weighted by Crippen LogP contribution is -2.10. The molecule has 2 aromatic heterocycles. The SMILES string of the molecule is Cc1occc1-c1nnc(SCCCOc2ccc(C(C)(C)C)cc2)n1C. The molecule has 0 aliphatic rings.